The van der Waals surface area contributed by atoms with E-state index in [9.17, 15) is 4.79 Å². The van der Waals surface area contributed by atoms with E-state index >= 15 is 0 Å². The highest BCUT2D eigenvalue weighted by Gasteiger charge is 2.16. The van der Waals surface area contributed by atoms with Gasteiger partial charge in [0.05, 0.1) is 0 Å². The van der Waals surface area contributed by atoms with Gasteiger partial charge in [-0.25, -0.2) is 4.79 Å². The normalized spacial score (nSPS) is 10.8. The van der Waals surface area contributed by atoms with Crippen LogP contribution in [0, 0.1) is 0 Å². The summed E-state index contributed by atoms with van der Waals surface area (Å²) in [6.45, 7) is 5.30. The van der Waals surface area contributed by atoms with Gasteiger partial charge in [-0.2, -0.15) is 5.48 Å². The molecule has 1 N–H and O–H groups in total. The Morgan fingerprint density at radius 1 is 1.40 bits per heavy atom. The second-order valence-electron chi connectivity index (χ2n) is 2.77. The standard InChI is InChI=1S/C6H13NO3/c1-6(2,3)9-5(8)10-7-4/h7H,1-4H3. The zero-order valence-electron chi connectivity index (χ0n) is 6.72. The van der Waals surface area contributed by atoms with E-state index in [2.05, 4.69) is 10.3 Å². The van der Waals surface area contributed by atoms with Crippen molar-refractivity contribution >= 4 is 6.16 Å². The maximum absolute atomic E-state index is 10.6. The lowest BCUT2D eigenvalue weighted by Crippen LogP contribution is -2.27. The van der Waals surface area contributed by atoms with Crippen molar-refractivity contribution in [3.05, 3.63) is 0 Å². The third kappa shape index (κ3) is 5.37. The van der Waals surface area contributed by atoms with E-state index in [1.54, 1.807) is 20.8 Å². The Kier molecular flexibility index (Phi) is 3.15. The Balaban J connectivity index is 3.58. The van der Waals surface area contributed by atoms with Gasteiger partial charge in [0.1, 0.15) is 5.60 Å². The van der Waals surface area contributed by atoms with E-state index in [0.29, 0.717) is 0 Å². The number of ether oxygens (including phenoxy) is 1. The second kappa shape index (κ2) is 3.41. The van der Waals surface area contributed by atoms with E-state index < -0.39 is 11.8 Å². The molecule has 0 unspecified atom stereocenters. The summed E-state index contributed by atoms with van der Waals surface area (Å²) < 4.78 is 4.75. The molecule has 0 atom stereocenters. The van der Waals surface area contributed by atoms with Crippen LogP contribution in [0.1, 0.15) is 20.8 Å². The van der Waals surface area contributed by atoms with Crippen LogP contribution in [0.3, 0.4) is 0 Å². The fourth-order valence-corrected chi connectivity index (χ4v) is 0.354. The minimum atomic E-state index is -0.713. The molecule has 0 spiro atoms. The van der Waals surface area contributed by atoms with Gasteiger partial charge in [-0.3, -0.25) is 0 Å². The van der Waals surface area contributed by atoms with Crippen LogP contribution in [0.15, 0.2) is 0 Å². The van der Waals surface area contributed by atoms with Gasteiger partial charge in [-0.15, -0.1) is 0 Å². The highest BCUT2D eigenvalue weighted by molar-refractivity contribution is 5.59. The Labute approximate surface area is 60.5 Å². The summed E-state index contributed by atoms with van der Waals surface area (Å²) in [5, 5.41) is 0. The van der Waals surface area contributed by atoms with Crippen LogP contribution in [-0.2, 0) is 9.57 Å². The summed E-state index contributed by atoms with van der Waals surface area (Å²) in [5.74, 6) is 0. The fourth-order valence-electron chi connectivity index (χ4n) is 0.354. The highest BCUT2D eigenvalue weighted by Crippen LogP contribution is 2.06. The van der Waals surface area contributed by atoms with Gasteiger partial charge in [0.25, 0.3) is 0 Å². The monoisotopic (exact) mass is 147 g/mol. The predicted molar refractivity (Wildman–Crippen MR) is 36.4 cm³/mol. The van der Waals surface area contributed by atoms with Crippen molar-refractivity contribution in [2.75, 3.05) is 7.05 Å². The second-order valence-corrected chi connectivity index (χ2v) is 2.77. The summed E-state index contributed by atoms with van der Waals surface area (Å²) >= 11 is 0. The molecule has 10 heavy (non-hydrogen) atoms. The zero-order valence-corrected chi connectivity index (χ0v) is 6.72. The largest absolute Gasteiger partial charge is 0.528 e. The molecule has 0 heterocycles. The topological polar surface area (TPSA) is 47.6 Å². The van der Waals surface area contributed by atoms with E-state index in [1.165, 1.54) is 7.05 Å². The lowest BCUT2D eigenvalue weighted by molar-refractivity contribution is -0.0270. The van der Waals surface area contributed by atoms with Crippen molar-refractivity contribution in [2.45, 2.75) is 26.4 Å². The van der Waals surface area contributed by atoms with Crippen molar-refractivity contribution in [3.8, 4) is 0 Å². The summed E-state index contributed by atoms with van der Waals surface area (Å²) in [6.07, 6.45) is -0.713. The average Bonchev–Trinajstić information content (AvgIpc) is 1.59. The first-order chi connectivity index (χ1) is 4.45. The van der Waals surface area contributed by atoms with Crippen LogP contribution in [0.5, 0.6) is 0 Å². The molecule has 4 heteroatoms. The van der Waals surface area contributed by atoms with Gasteiger partial charge in [0, 0.05) is 7.05 Å². The molecule has 0 aromatic heterocycles. The number of rotatable bonds is 1. The maximum Gasteiger partial charge on any atom is 0.528 e. The van der Waals surface area contributed by atoms with Gasteiger partial charge in [-0.1, -0.05) is 0 Å². The fraction of sp³-hybridized carbons (Fsp3) is 0.833. The lowest BCUT2D eigenvalue weighted by atomic mass is 10.2. The molecular weight excluding hydrogens is 134 g/mol. The summed E-state index contributed by atoms with van der Waals surface area (Å²) in [4.78, 5) is 14.9. The number of hydrogen-bond acceptors (Lipinski definition) is 4. The smallest absolute Gasteiger partial charge is 0.427 e. The molecule has 0 aromatic rings. The Bertz CT molecular complexity index is 117. The van der Waals surface area contributed by atoms with E-state index in [1.807, 2.05) is 0 Å². The maximum atomic E-state index is 10.6. The van der Waals surface area contributed by atoms with Crippen molar-refractivity contribution in [3.63, 3.8) is 0 Å². The molecule has 0 saturated heterocycles. The molecule has 0 aromatic carbocycles. The molecule has 0 fully saturated rings. The quantitative estimate of drug-likeness (QED) is 0.445. The van der Waals surface area contributed by atoms with Crippen LogP contribution in [0.4, 0.5) is 4.79 Å². The number of hydrogen-bond donors (Lipinski definition) is 1. The lowest BCUT2D eigenvalue weighted by Gasteiger charge is -2.17. The summed E-state index contributed by atoms with van der Waals surface area (Å²) in [5.41, 5.74) is 1.72. The molecule has 0 saturated carbocycles. The minimum absolute atomic E-state index is 0.492. The van der Waals surface area contributed by atoms with Crippen LogP contribution < -0.4 is 5.48 Å². The molecule has 60 valence electrons. The van der Waals surface area contributed by atoms with E-state index in [0.717, 1.165) is 0 Å². The molecule has 0 bridgehead atoms. The van der Waals surface area contributed by atoms with Crippen LogP contribution in [-0.4, -0.2) is 18.8 Å². The zero-order chi connectivity index (χ0) is 8.20. The molecule has 0 amide bonds. The van der Waals surface area contributed by atoms with Crippen molar-refractivity contribution in [1.82, 2.24) is 5.48 Å². The van der Waals surface area contributed by atoms with Gasteiger partial charge in [0.2, 0.25) is 0 Å². The number of nitrogens with one attached hydrogen (secondary N) is 1. The first kappa shape index (κ1) is 9.23. The number of carbonyl (C=O) groups is 1. The number of carbonyl (C=O) groups excluding carboxylic acids is 1. The van der Waals surface area contributed by atoms with Crippen molar-refractivity contribution < 1.29 is 14.4 Å². The summed E-state index contributed by atoms with van der Waals surface area (Å²) in [7, 11) is 1.49. The highest BCUT2D eigenvalue weighted by atomic mass is 16.8. The van der Waals surface area contributed by atoms with Gasteiger partial charge in [-0.05, 0) is 20.8 Å². The molecule has 0 radical (unpaired) electrons. The van der Waals surface area contributed by atoms with Gasteiger partial charge >= 0.3 is 6.16 Å². The molecular formula is C6H13NO3. The molecule has 0 aliphatic carbocycles. The van der Waals surface area contributed by atoms with Crippen molar-refractivity contribution in [1.29, 1.82) is 0 Å². The molecule has 4 nitrogen and oxygen atoms in total. The molecule has 0 aliphatic heterocycles. The number of hydroxylamine groups is 1. The Morgan fingerprint density at radius 2 is 1.90 bits per heavy atom. The van der Waals surface area contributed by atoms with Gasteiger partial charge in [0.15, 0.2) is 0 Å². The third-order valence-electron chi connectivity index (χ3n) is 0.575. The van der Waals surface area contributed by atoms with Crippen molar-refractivity contribution in [2.24, 2.45) is 0 Å². The molecule has 0 aliphatic rings. The van der Waals surface area contributed by atoms with Crippen LogP contribution in [0.2, 0.25) is 0 Å². The third-order valence-corrected chi connectivity index (χ3v) is 0.575. The first-order valence-corrected chi connectivity index (χ1v) is 3.02. The first-order valence-electron chi connectivity index (χ1n) is 3.02. The predicted octanol–water partition coefficient (Wildman–Crippen LogP) is 1.07. The van der Waals surface area contributed by atoms with E-state index in [-0.39, 0.29) is 0 Å². The molecule has 0 rings (SSSR count). The Morgan fingerprint density at radius 3 is 2.20 bits per heavy atom. The van der Waals surface area contributed by atoms with Gasteiger partial charge < -0.3 is 9.57 Å². The SMILES string of the molecule is CNOC(=O)OC(C)(C)C. The summed E-state index contributed by atoms with van der Waals surface area (Å²) in [6, 6.07) is 0. The van der Waals surface area contributed by atoms with E-state index in [4.69, 9.17) is 4.74 Å². The Hall–Kier alpha value is -0.770. The average molecular weight is 147 g/mol. The minimum Gasteiger partial charge on any atom is -0.427 e. The van der Waals surface area contributed by atoms with Crippen LogP contribution >= 0.6 is 0 Å². The van der Waals surface area contributed by atoms with Crippen LogP contribution in [0.25, 0.3) is 0 Å².